The van der Waals surface area contributed by atoms with Crippen molar-refractivity contribution >= 4 is 35.1 Å². The molecular weight excluding hydrogens is 394 g/mol. The van der Waals surface area contributed by atoms with Crippen LogP contribution in [0.4, 0.5) is 5.95 Å². The molecular formula is C20H26ClN5O3. The number of esters is 1. The van der Waals surface area contributed by atoms with Gasteiger partial charge in [-0.25, -0.2) is 0 Å². The molecule has 156 valence electrons. The zero-order chi connectivity index (χ0) is 20.4. The molecule has 0 aliphatic carbocycles. The molecule has 1 atom stereocenters. The van der Waals surface area contributed by atoms with E-state index in [0.29, 0.717) is 49.8 Å². The van der Waals surface area contributed by atoms with Gasteiger partial charge in [0, 0.05) is 32.4 Å². The first kappa shape index (κ1) is 19.9. The van der Waals surface area contributed by atoms with E-state index in [4.69, 9.17) is 16.3 Å². The predicted molar refractivity (Wildman–Crippen MR) is 109 cm³/mol. The zero-order valence-corrected chi connectivity index (χ0v) is 17.3. The number of carbonyl (C=O) groups is 2. The summed E-state index contributed by atoms with van der Waals surface area (Å²) in [5.41, 5.74) is 0.624. The highest BCUT2D eigenvalue weighted by Gasteiger charge is 2.34. The number of amides is 1. The van der Waals surface area contributed by atoms with E-state index in [0.717, 1.165) is 25.3 Å². The van der Waals surface area contributed by atoms with E-state index in [9.17, 15) is 9.59 Å². The molecule has 0 saturated carbocycles. The fourth-order valence-corrected chi connectivity index (χ4v) is 4.50. The Morgan fingerprint density at radius 1 is 1.17 bits per heavy atom. The topological polar surface area (TPSA) is 80.0 Å². The van der Waals surface area contributed by atoms with Crippen LogP contribution in [0.2, 0.25) is 5.02 Å². The predicted octanol–water partition coefficient (Wildman–Crippen LogP) is 2.40. The van der Waals surface area contributed by atoms with Gasteiger partial charge in [0.25, 0.3) is 0 Å². The lowest BCUT2D eigenvalue weighted by molar-refractivity contribution is -0.151. The molecule has 0 radical (unpaired) electrons. The highest BCUT2D eigenvalue weighted by Crippen LogP contribution is 2.27. The molecule has 2 saturated heterocycles. The lowest BCUT2D eigenvalue weighted by atomic mass is 9.93. The molecule has 1 amide bonds. The van der Waals surface area contributed by atoms with E-state index in [-0.39, 0.29) is 23.7 Å². The summed E-state index contributed by atoms with van der Waals surface area (Å²) >= 11 is 6.21. The summed E-state index contributed by atoms with van der Waals surface area (Å²) in [5.74, 6) is 0.592. The summed E-state index contributed by atoms with van der Waals surface area (Å²) < 4.78 is 6.99. The Labute approximate surface area is 174 Å². The van der Waals surface area contributed by atoms with Crippen molar-refractivity contribution in [2.45, 2.75) is 32.6 Å². The normalized spacial score (nSPS) is 20.8. The minimum absolute atomic E-state index is 0.0746. The molecule has 8 nitrogen and oxygen atoms in total. The number of hydrogen-bond acceptors (Lipinski definition) is 6. The lowest BCUT2D eigenvalue weighted by Gasteiger charge is -2.37. The maximum atomic E-state index is 13.1. The molecule has 0 aromatic carbocycles. The van der Waals surface area contributed by atoms with Crippen molar-refractivity contribution in [2.75, 3.05) is 37.7 Å². The van der Waals surface area contributed by atoms with Gasteiger partial charge in [-0.2, -0.15) is 0 Å². The quantitative estimate of drug-likeness (QED) is 0.708. The molecule has 1 unspecified atom stereocenters. The Morgan fingerprint density at radius 3 is 2.72 bits per heavy atom. The smallest absolute Gasteiger partial charge is 0.309 e. The van der Waals surface area contributed by atoms with Crippen LogP contribution in [0.3, 0.4) is 0 Å². The number of anilines is 1. The van der Waals surface area contributed by atoms with Gasteiger partial charge in [-0.1, -0.05) is 11.6 Å². The third kappa shape index (κ3) is 4.03. The van der Waals surface area contributed by atoms with E-state index < -0.39 is 0 Å². The number of halogens is 1. The van der Waals surface area contributed by atoms with Gasteiger partial charge in [-0.15, -0.1) is 10.2 Å². The fraction of sp³-hybridized carbons (Fsp3) is 0.600. The maximum absolute atomic E-state index is 13.1. The average Bonchev–Trinajstić information content (AvgIpc) is 3.19. The van der Waals surface area contributed by atoms with Crippen molar-refractivity contribution in [2.24, 2.45) is 11.8 Å². The van der Waals surface area contributed by atoms with Crippen molar-refractivity contribution < 1.29 is 14.3 Å². The van der Waals surface area contributed by atoms with Gasteiger partial charge in [0.1, 0.15) is 0 Å². The number of pyridine rings is 1. The van der Waals surface area contributed by atoms with Crippen LogP contribution < -0.4 is 4.90 Å². The third-order valence-electron chi connectivity index (χ3n) is 5.85. The van der Waals surface area contributed by atoms with Crippen molar-refractivity contribution in [3.63, 3.8) is 0 Å². The molecule has 2 aliphatic heterocycles. The summed E-state index contributed by atoms with van der Waals surface area (Å²) in [7, 11) is 0. The zero-order valence-electron chi connectivity index (χ0n) is 16.6. The van der Waals surface area contributed by atoms with Crippen LogP contribution in [0.1, 0.15) is 32.6 Å². The number of aromatic nitrogens is 3. The molecule has 2 fully saturated rings. The van der Waals surface area contributed by atoms with Crippen LogP contribution in [-0.4, -0.2) is 64.2 Å². The molecule has 0 spiro atoms. The van der Waals surface area contributed by atoms with Gasteiger partial charge in [0.15, 0.2) is 5.65 Å². The SMILES string of the molecule is CCOC(=O)C1CCN(C(=O)C2CCCN(c3nnc4c(Cl)cccn34)C2)CC1. The Bertz CT molecular complexity index is 893. The Balaban J connectivity index is 1.40. The molecule has 9 heteroatoms. The molecule has 2 aliphatic rings. The van der Waals surface area contributed by atoms with Crippen LogP contribution in [0, 0.1) is 11.8 Å². The first-order chi connectivity index (χ1) is 14.1. The van der Waals surface area contributed by atoms with Crippen LogP contribution in [0.15, 0.2) is 18.3 Å². The molecule has 29 heavy (non-hydrogen) atoms. The fourth-order valence-electron chi connectivity index (χ4n) is 4.30. The van der Waals surface area contributed by atoms with Crippen molar-refractivity contribution in [3.8, 4) is 0 Å². The Morgan fingerprint density at radius 2 is 1.97 bits per heavy atom. The van der Waals surface area contributed by atoms with Gasteiger partial charge in [-0.05, 0) is 44.7 Å². The summed E-state index contributed by atoms with van der Waals surface area (Å²) in [6, 6.07) is 3.65. The number of fused-ring (bicyclic) bond motifs is 1. The van der Waals surface area contributed by atoms with E-state index in [1.807, 2.05) is 28.5 Å². The van der Waals surface area contributed by atoms with Crippen LogP contribution in [0.5, 0.6) is 0 Å². The number of hydrogen-bond donors (Lipinski definition) is 0. The number of rotatable bonds is 4. The van der Waals surface area contributed by atoms with E-state index >= 15 is 0 Å². The molecule has 0 N–H and O–H groups in total. The molecule has 2 aromatic rings. The second-order valence-electron chi connectivity index (χ2n) is 7.69. The molecule has 2 aromatic heterocycles. The van der Waals surface area contributed by atoms with Crippen LogP contribution >= 0.6 is 11.6 Å². The monoisotopic (exact) mass is 419 g/mol. The van der Waals surface area contributed by atoms with E-state index in [1.165, 1.54) is 0 Å². The number of likely N-dealkylation sites (tertiary alicyclic amines) is 1. The van der Waals surface area contributed by atoms with E-state index in [2.05, 4.69) is 15.1 Å². The van der Waals surface area contributed by atoms with Gasteiger partial charge in [0.2, 0.25) is 11.9 Å². The standard InChI is InChI=1S/C20H26ClN5O3/c1-2-29-19(28)14-7-11-24(12-8-14)18(27)15-5-3-9-25(13-15)20-23-22-17-16(21)6-4-10-26(17)20/h4,6,10,14-15H,2-3,5,7-9,11-13H2,1H3. The number of carbonyl (C=O) groups excluding carboxylic acids is 2. The van der Waals surface area contributed by atoms with Crippen LogP contribution in [-0.2, 0) is 14.3 Å². The summed E-state index contributed by atoms with van der Waals surface area (Å²) in [5, 5.41) is 9.06. The highest BCUT2D eigenvalue weighted by molar-refractivity contribution is 6.33. The third-order valence-corrected chi connectivity index (χ3v) is 6.14. The molecule has 0 bridgehead atoms. The summed E-state index contributed by atoms with van der Waals surface area (Å²) in [6.07, 6.45) is 5.03. The number of ether oxygens (including phenoxy) is 1. The average molecular weight is 420 g/mol. The second-order valence-corrected chi connectivity index (χ2v) is 8.09. The van der Waals surface area contributed by atoms with Gasteiger partial charge >= 0.3 is 5.97 Å². The lowest BCUT2D eigenvalue weighted by Crippen LogP contribution is -2.48. The minimum Gasteiger partial charge on any atom is -0.466 e. The second kappa shape index (κ2) is 8.57. The largest absolute Gasteiger partial charge is 0.466 e. The summed E-state index contributed by atoms with van der Waals surface area (Å²) in [6.45, 7) is 4.90. The number of nitrogens with zero attached hydrogens (tertiary/aromatic N) is 5. The first-order valence-corrected chi connectivity index (χ1v) is 10.7. The van der Waals surface area contributed by atoms with Crippen molar-refractivity contribution in [1.29, 1.82) is 0 Å². The van der Waals surface area contributed by atoms with Gasteiger partial charge < -0.3 is 14.5 Å². The Hall–Kier alpha value is -2.35. The highest BCUT2D eigenvalue weighted by atomic mass is 35.5. The summed E-state index contributed by atoms with van der Waals surface area (Å²) in [4.78, 5) is 29.1. The van der Waals surface area contributed by atoms with Crippen molar-refractivity contribution in [3.05, 3.63) is 23.4 Å². The van der Waals surface area contributed by atoms with Gasteiger partial charge in [-0.3, -0.25) is 14.0 Å². The minimum atomic E-state index is -0.138. The maximum Gasteiger partial charge on any atom is 0.309 e. The number of piperidine rings is 2. The van der Waals surface area contributed by atoms with Gasteiger partial charge in [0.05, 0.1) is 23.5 Å². The first-order valence-electron chi connectivity index (χ1n) is 10.3. The Kier molecular flexibility index (Phi) is 5.89. The van der Waals surface area contributed by atoms with Crippen molar-refractivity contribution in [1.82, 2.24) is 19.5 Å². The van der Waals surface area contributed by atoms with Crippen LogP contribution in [0.25, 0.3) is 5.65 Å². The van der Waals surface area contributed by atoms with E-state index in [1.54, 1.807) is 6.07 Å². The molecule has 4 heterocycles. The molecule has 4 rings (SSSR count).